The zero-order chi connectivity index (χ0) is 30.1. The van der Waals surface area contributed by atoms with E-state index < -0.39 is 5.41 Å². The summed E-state index contributed by atoms with van der Waals surface area (Å²) >= 11 is 0. The summed E-state index contributed by atoms with van der Waals surface area (Å²) in [6.45, 7) is 0. The highest BCUT2D eigenvalue weighted by Crippen LogP contribution is 2.57. The molecular weight excluding hydrogens is 546 g/mol. The van der Waals surface area contributed by atoms with E-state index in [0.717, 1.165) is 50.8 Å². The fourth-order valence-corrected chi connectivity index (χ4v) is 6.85. The standard InChI is InChI=1S/C43H31NO/c1-5-16-33(17-6-1)43(34-18-7-2-8-19-34)39-25-13-14-27-41(39)45-42-38(24-15-26-40(42)43)32-28-30-37(31-29-32)44(35-20-9-3-10-21-35)36-22-11-4-12-23-36/h1-31H. The first-order valence-electron chi connectivity index (χ1n) is 15.4. The molecule has 0 aliphatic carbocycles. The summed E-state index contributed by atoms with van der Waals surface area (Å²) in [6, 6.07) is 66.5. The Morgan fingerprint density at radius 3 is 1.42 bits per heavy atom. The minimum absolute atomic E-state index is 0.542. The molecule has 1 aliphatic rings. The largest absolute Gasteiger partial charge is 0.456 e. The molecule has 0 fully saturated rings. The highest BCUT2D eigenvalue weighted by atomic mass is 16.5. The van der Waals surface area contributed by atoms with E-state index in [0.29, 0.717) is 0 Å². The minimum Gasteiger partial charge on any atom is -0.456 e. The molecule has 0 aromatic heterocycles. The normalized spacial score (nSPS) is 12.8. The maximum Gasteiger partial charge on any atom is 0.140 e. The van der Waals surface area contributed by atoms with Gasteiger partial charge in [-0.15, -0.1) is 0 Å². The number of anilines is 3. The molecule has 7 aromatic rings. The van der Waals surface area contributed by atoms with Gasteiger partial charge < -0.3 is 9.64 Å². The van der Waals surface area contributed by atoms with E-state index in [9.17, 15) is 0 Å². The van der Waals surface area contributed by atoms with Gasteiger partial charge in [-0.2, -0.15) is 0 Å². The van der Waals surface area contributed by atoms with E-state index in [1.54, 1.807) is 0 Å². The highest BCUT2D eigenvalue weighted by molar-refractivity contribution is 5.82. The van der Waals surface area contributed by atoms with Crippen LogP contribution in [-0.4, -0.2) is 0 Å². The second-order valence-electron chi connectivity index (χ2n) is 11.3. The Labute approximate surface area is 264 Å². The number of ether oxygens (including phenoxy) is 1. The molecule has 0 amide bonds. The summed E-state index contributed by atoms with van der Waals surface area (Å²) in [5.74, 6) is 1.76. The Morgan fingerprint density at radius 1 is 0.378 bits per heavy atom. The van der Waals surface area contributed by atoms with Crippen LogP contribution in [0.3, 0.4) is 0 Å². The molecule has 1 heterocycles. The number of hydrogen-bond donors (Lipinski definition) is 0. The SMILES string of the molecule is c1ccc(N(c2ccccc2)c2ccc(-c3cccc4c3Oc3ccccc3C4(c3ccccc3)c3ccccc3)cc2)cc1. The van der Waals surface area contributed by atoms with Crippen molar-refractivity contribution < 1.29 is 4.74 Å². The fraction of sp³-hybridized carbons (Fsp3) is 0.0233. The molecule has 0 radical (unpaired) electrons. The number of benzene rings is 7. The van der Waals surface area contributed by atoms with E-state index in [-0.39, 0.29) is 0 Å². The maximum atomic E-state index is 6.87. The van der Waals surface area contributed by atoms with E-state index in [4.69, 9.17) is 4.74 Å². The van der Waals surface area contributed by atoms with Gasteiger partial charge in [-0.1, -0.05) is 146 Å². The van der Waals surface area contributed by atoms with Gasteiger partial charge >= 0.3 is 0 Å². The Morgan fingerprint density at radius 2 is 0.844 bits per heavy atom. The molecule has 0 bridgehead atoms. The lowest BCUT2D eigenvalue weighted by atomic mass is 9.63. The first kappa shape index (κ1) is 26.7. The molecule has 45 heavy (non-hydrogen) atoms. The van der Waals surface area contributed by atoms with Crippen molar-refractivity contribution in [2.75, 3.05) is 4.90 Å². The average molecular weight is 578 g/mol. The van der Waals surface area contributed by atoms with E-state index in [1.165, 1.54) is 11.1 Å². The van der Waals surface area contributed by atoms with Crippen molar-refractivity contribution in [3.05, 3.63) is 210 Å². The predicted octanol–water partition coefficient (Wildman–Crippen LogP) is 11.3. The average Bonchev–Trinajstić information content (AvgIpc) is 3.12. The van der Waals surface area contributed by atoms with Crippen LogP contribution in [0.2, 0.25) is 0 Å². The summed E-state index contributed by atoms with van der Waals surface area (Å²) < 4.78 is 6.87. The molecule has 214 valence electrons. The van der Waals surface area contributed by atoms with Crippen molar-refractivity contribution in [2.45, 2.75) is 5.41 Å². The molecule has 2 nitrogen and oxygen atoms in total. The quantitative estimate of drug-likeness (QED) is 0.195. The number of nitrogens with zero attached hydrogens (tertiary/aromatic N) is 1. The van der Waals surface area contributed by atoms with Gasteiger partial charge in [0.05, 0.1) is 5.41 Å². The maximum absolute atomic E-state index is 6.87. The van der Waals surface area contributed by atoms with Gasteiger partial charge in [-0.25, -0.2) is 0 Å². The van der Waals surface area contributed by atoms with Crippen LogP contribution in [0.4, 0.5) is 17.1 Å². The van der Waals surface area contributed by atoms with Crippen molar-refractivity contribution in [2.24, 2.45) is 0 Å². The lowest BCUT2D eigenvalue weighted by Gasteiger charge is -2.42. The van der Waals surface area contributed by atoms with Gasteiger partial charge in [0.1, 0.15) is 11.5 Å². The number of rotatable bonds is 6. The van der Waals surface area contributed by atoms with Gasteiger partial charge in [0.15, 0.2) is 0 Å². The minimum atomic E-state index is -0.542. The van der Waals surface area contributed by atoms with Gasteiger partial charge in [0.2, 0.25) is 0 Å². The molecule has 0 atom stereocenters. The van der Waals surface area contributed by atoms with Crippen LogP contribution in [0, 0.1) is 0 Å². The van der Waals surface area contributed by atoms with Crippen molar-refractivity contribution >= 4 is 17.1 Å². The third-order valence-corrected chi connectivity index (χ3v) is 8.80. The Hall–Kier alpha value is -5.86. The van der Waals surface area contributed by atoms with Crippen LogP contribution in [0.25, 0.3) is 11.1 Å². The number of para-hydroxylation sites is 4. The molecule has 0 spiro atoms. The monoisotopic (exact) mass is 577 g/mol. The Kier molecular flexibility index (Phi) is 6.73. The molecule has 0 saturated heterocycles. The first-order chi connectivity index (χ1) is 22.3. The van der Waals surface area contributed by atoms with Crippen molar-refractivity contribution in [1.29, 1.82) is 0 Å². The lowest BCUT2D eigenvalue weighted by Crippen LogP contribution is -2.34. The molecule has 2 heteroatoms. The van der Waals surface area contributed by atoms with Crippen LogP contribution in [0.1, 0.15) is 22.3 Å². The third-order valence-electron chi connectivity index (χ3n) is 8.80. The summed E-state index contributed by atoms with van der Waals surface area (Å²) in [7, 11) is 0. The fourth-order valence-electron chi connectivity index (χ4n) is 6.85. The van der Waals surface area contributed by atoms with Crippen LogP contribution in [-0.2, 0) is 5.41 Å². The van der Waals surface area contributed by atoms with E-state index >= 15 is 0 Å². The molecule has 0 unspecified atom stereocenters. The highest BCUT2D eigenvalue weighted by Gasteiger charge is 2.45. The van der Waals surface area contributed by atoms with Crippen molar-refractivity contribution in [1.82, 2.24) is 0 Å². The molecular formula is C43H31NO. The summed E-state index contributed by atoms with van der Waals surface area (Å²) in [6.07, 6.45) is 0. The van der Waals surface area contributed by atoms with Crippen LogP contribution in [0.5, 0.6) is 11.5 Å². The summed E-state index contributed by atoms with van der Waals surface area (Å²) in [4.78, 5) is 2.28. The summed E-state index contributed by atoms with van der Waals surface area (Å²) in [5, 5.41) is 0. The van der Waals surface area contributed by atoms with Gasteiger partial charge in [0, 0.05) is 33.8 Å². The zero-order valence-corrected chi connectivity index (χ0v) is 24.8. The van der Waals surface area contributed by atoms with Gasteiger partial charge in [0.25, 0.3) is 0 Å². The topological polar surface area (TPSA) is 12.5 Å². The van der Waals surface area contributed by atoms with Crippen LogP contribution in [0.15, 0.2) is 188 Å². The molecule has 0 saturated carbocycles. The van der Waals surface area contributed by atoms with Crippen LogP contribution >= 0.6 is 0 Å². The first-order valence-corrected chi connectivity index (χ1v) is 15.4. The molecule has 0 N–H and O–H groups in total. The molecule has 8 rings (SSSR count). The van der Waals surface area contributed by atoms with Crippen molar-refractivity contribution in [3.63, 3.8) is 0 Å². The Bertz CT molecular complexity index is 1980. The van der Waals surface area contributed by atoms with E-state index in [2.05, 4.69) is 193 Å². The number of fused-ring (bicyclic) bond motifs is 2. The second kappa shape index (κ2) is 11.3. The molecule has 7 aromatic carbocycles. The third kappa shape index (κ3) is 4.51. The van der Waals surface area contributed by atoms with Gasteiger partial charge in [-0.05, 0) is 59.2 Å². The smallest absolute Gasteiger partial charge is 0.140 e. The number of hydrogen-bond acceptors (Lipinski definition) is 2. The van der Waals surface area contributed by atoms with E-state index in [1.807, 2.05) is 0 Å². The van der Waals surface area contributed by atoms with Crippen molar-refractivity contribution in [3.8, 4) is 22.6 Å². The summed E-state index contributed by atoms with van der Waals surface area (Å²) in [5.41, 5.74) is 9.65. The zero-order valence-electron chi connectivity index (χ0n) is 24.8. The lowest BCUT2D eigenvalue weighted by molar-refractivity contribution is 0.436. The second-order valence-corrected chi connectivity index (χ2v) is 11.3. The Balaban J connectivity index is 1.31. The van der Waals surface area contributed by atoms with Gasteiger partial charge in [-0.3, -0.25) is 0 Å². The predicted molar refractivity (Wildman–Crippen MR) is 185 cm³/mol. The van der Waals surface area contributed by atoms with Crippen LogP contribution < -0.4 is 9.64 Å². The molecule has 1 aliphatic heterocycles.